The summed E-state index contributed by atoms with van der Waals surface area (Å²) < 4.78 is 38.6. The third-order valence-electron chi connectivity index (χ3n) is 3.76. The molecule has 0 saturated heterocycles. The van der Waals surface area contributed by atoms with E-state index in [1.165, 1.54) is 28.8 Å². The molecule has 0 atom stereocenters. The van der Waals surface area contributed by atoms with Crippen LogP contribution in [0.4, 0.5) is 13.2 Å². The molecule has 0 bridgehead atoms. The molecule has 1 amide bonds. The van der Waals surface area contributed by atoms with Crippen LogP contribution in [0, 0.1) is 0 Å². The molecule has 2 aromatic rings. The van der Waals surface area contributed by atoms with Gasteiger partial charge in [0.05, 0.1) is 12.1 Å². The highest BCUT2D eigenvalue weighted by molar-refractivity contribution is 8.13. The van der Waals surface area contributed by atoms with Gasteiger partial charge in [0.1, 0.15) is 0 Å². The van der Waals surface area contributed by atoms with Crippen LogP contribution in [-0.4, -0.2) is 29.1 Å². The first kappa shape index (κ1) is 18.8. The first-order chi connectivity index (χ1) is 12.3. The normalized spacial score (nSPS) is 14.5. The summed E-state index contributed by atoms with van der Waals surface area (Å²) in [6, 6.07) is 11.8. The number of alkyl halides is 3. The molecule has 136 valence electrons. The van der Waals surface area contributed by atoms with Crippen molar-refractivity contribution in [3.8, 4) is 0 Å². The largest absolute Gasteiger partial charge is 0.416 e. The van der Waals surface area contributed by atoms with Crippen molar-refractivity contribution in [1.82, 2.24) is 4.90 Å². The number of amides is 1. The van der Waals surface area contributed by atoms with Gasteiger partial charge in [-0.3, -0.25) is 14.7 Å². The van der Waals surface area contributed by atoms with Crippen molar-refractivity contribution in [2.24, 2.45) is 4.99 Å². The average molecular weight is 399 g/mol. The molecule has 26 heavy (non-hydrogen) atoms. The first-order valence-electron chi connectivity index (χ1n) is 7.75. The lowest BCUT2D eigenvalue weighted by Crippen LogP contribution is -2.33. The van der Waals surface area contributed by atoms with Crippen LogP contribution < -0.4 is 0 Å². The quantitative estimate of drug-likeness (QED) is 0.720. The Morgan fingerprint density at radius 3 is 2.62 bits per heavy atom. The molecule has 0 aromatic heterocycles. The van der Waals surface area contributed by atoms with E-state index in [4.69, 9.17) is 11.6 Å². The molecule has 3 rings (SSSR count). The molecule has 2 aromatic carbocycles. The van der Waals surface area contributed by atoms with Crippen molar-refractivity contribution >= 4 is 34.4 Å². The fourth-order valence-corrected chi connectivity index (χ4v) is 3.58. The van der Waals surface area contributed by atoms with Crippen molar-refractivity contribution in [2.75, 3.05) is 13.1 Å². The van der Waals surface area contributed by atoms with Gasteiger partial charge in [-0.15, -0.1) is 0 Å². The van der Waals surface area contributed by atoms with E-state index in [0.717, 1.165) is 17.7 Å². The zero-order valence-corrected chi connectivity index (χ0v) is 15.0. The van der Waals surface area contributed by atoms with E-state index in [2.05, 4.69) is 4.99 Å². The molecule has 0 unspecified atom stereocenters. The number of nitrogens with zero attached hydrogens (tertiary/aromatic N) is 2. The van der Waals surface area contributed by atoms with Gasteiger partial charge in [0.15, 0.2) is 5.17 Å². The molecular weight excluding hydrogens is 385 g/mol. The minimum atomic E-state index is -4.48. The molecule has 0 aliphatic carbocycles. The van der Waals surface area contributed by atoms with Crippen molar-refractivity contribution in [3.63, 3.8) is 0 Å². The fourth-order valence-electron chi connectivity index (χ4n) is 2.45. The Balaban J connectivity index is 1.71. The molecule has 0 spiro atoms. The summed E-state index contributed by atoms with van der Waals surface area (Å²) in [5.41, 5.74) is 0.178. The van der Waals surface area contributed by atoms with E-state index < -0.39 is 17.6 Å². The van der Waals surface area contributed by atoms with E-state index in [1.54, 1.807) is 12.1 Å². The number of hydrogen-bond donors (Lipinski definition) is 0. The Morgan fingerprint density at radius 2 is 1.92 bits per heavy atom. The van der Waals surface area contributed by atoms with E-state index in [9.17, 15) is 18.0 Å². The minimum absolute atomic E-state index is 0.00141. The number of amidine groups is 1. The summed E-state index contributed by atoms with van der Waals surface area (Å²) in [5, 5.41) is 1.15. The number of aliphatic imine (C=N–C) groups is 1. The Kier molecular flexibility index (Phi) is 5.58. The summed E-state index contributed by atoms with van der Waals surface area (Å²) in [7, 11) is 0. The second-order valence-electron chi connectivity index (χ2n) is 5.61. The van der Waals surface area contributed by atoms with Gasteiger partial charge in [-0.2, -0.15) is 13.2 Å². The van der Waals surface area contributed by atoms with Gasteiger partial charge in [0.25, 0.3) is 5.91 Å². The van der Waals surface area contributed by atoms with Crippen LogP contribution >= 0.6 is 23.4 Å². The summed E-state index contributed by atoms with van der Waals surface area (Å²) in [4.78, 5) is 18.4. The second-order valence-corrected chi connectivity index (χ2v) is 6.99. The highest BCUT2D eigenvalue weighted by Gasteiger charge is 2.32. The van der Waals surface area contributed by atoms with Crippen LogP contribution in [0.5, 0.6) is 0 Å². The van der Waals surface area contributed by atoms with Crippen LogP contribution in [-0.2, 0) is 11.9 Å². The fraction of sp³-hybridized carbons (Fsp3) is 0.222. The number of rotatable bonds is 3. The first-order valence-corrected chi connectivity index (χ1v) is 9.12. The predicted molar refractivity (Wildman–Crippen MR) is 97.5 cm³/mol. The zero-order chi connectivity index (χ0) is 18.7. The lowest BCUT2D eigenvalue weighted by Gasteiger charge is -2.18. The zero-order valence-electron chi connectivity index (χ0n) is 13.5. The number of carbonyl (C=O) groups is 1. The number of halogens is 4. The van der Waals surface area contributed by atoms with Gasteiger partial charge in [-0.05, 0) is 35.9 Å². The molecule has 8 heteroatoms. The topological polar surface area (TPSA) is 32.7 Å². The van der Waals surface area contributed by atoms with Crippen LogP contribution in [0.3, 0.4) is 0 Å². The summed E-state index contributed by atoms with van der Waals surface area (Å²) >= 11 is 7.23. The second kappa shape index (κ2) is 7.72. The highest BCUT2D eigenvalue weighted by Crippen LogP contribution is 2.30. The van der Waals surface area contributed by atoms with Crippen LogP contribution in [0.15, 0.2) is 53.5 Å². The smallest absolute Gasteiger partial charge is 0.286 e. The molecule has 0 radical (unpaired) electrons. The summed E-state index contributed by atoms with van der Waals surface area (Å²) in [5.74, 6) is 0.110. The molecule has 1 heterocycles. The maximum atomic E-state index is 12.9. The molecular formula is C18H14ClF3N2OS. The number of carbonyl (C=O) groups excluding carboxylic acids is 1. The third kappa shape index (κ3) is 4.40. The summed E-state index contributed by atoms with van der Waals surface area (Å²) in [6.45, 7) is 0.797. The Labute approximate surface area is 157 Å². The maximum Gasteiger partial charge on any atom is 0.416 e. The van der Waals surface area contributed by atoms with E-state index in [-0.39, 0.29) is 5.56 Å². The standard InChI is InChI=1S/C18H14ClF3N2OS/c19-15-6-4-12(5-7-15)11-26-17-23-8-9-24(17)16(25)13-2-1-3-14(10-13)18(20,21)22/h1-7,10H,8-9,11H2. The molecule has 3 nitrogen and oxygen atoms in total. The number of hydrogen-bond acceptors (Lipinski definition) is 3. The van der Waals surface area contributed by atoms with Crippen molar-refractivity contribution in [1.29, 1.82) is 0 Å². The molecule has 1 aliphatic heterocycles. The van der Waals surface area contributed by atoms with Gasteiger partial charge in [-0.1, -0.05) is 41.6 Å². The molecule has 0 fully saturated rings. The number of benzene rings is 2. The van der Waals surface area contributed by atoms with Crippen LogP contribution in [0.1, 0.15) is 21.5 Å². The number of thioether (sulfide) groups is 1. The van der Waals surface area contributed by atoms with Gasteiger partial charge < -0.3 is 0 Å². The van der Waals surface area contributed by atoms with Gasteiger partial charge in [0, 0.05) is 22.9 Å². The highest BCUT2D eigenvalue weighted by atomic mass is 35.5. The van der Waals surface area contributed by atoms with Crippen molar-refractivity contribution in [3.05, 3.63) is 70.2 Å². The summed E-state index contributed by atoms with van der Waals surface area (Å²) in [6.07, 6.45) is -4.48. The van der Waals surface area contributed by atoms with E-state index in [1.807, 2.05) is 12.1 Å². The minimum Gasteiger partial charge on any atom is -0.286 e. The molecule has 1 aliphatic rings. The maximum absolute atomic E-state index is 12.9. The molecule has 0 saturated carbocycles. The van der Waals surface area contributed by atoms with Gasteiger partial charge in [-0.25, -0.2) is 0 Å². The van der Waals surface area contributed by atoms with E-state index in [0.29, 0.717) is 29.0 Å². The van der Waals surface area contributed by atoms with Gasteiger partial charge in [0.2, 0.25) is 0 Å². The van der Waals surface area contributed by atoms with E-state index >= 15 is 0 Å². The monoisotopic (exact) mass is 398 g/mol. The Morgan fingerprint density at radius 1 is 1.19 bits per heavy atom. The van der Waals surface area contributed by atoms with Crippen molar-refractivity contribution < 1.29 is 18.0 Å². The SMILES string of the molecule is O=C(c1cccc(C(F)(F)F)c1)N1CCN=C1SCc1ccc(Cl)cc1. The average Bonchev–Trinajstić information content (AvgIpc) is 3.08. The predicted octanol–water partition coefficient (Wildman–Crippen LogP) is 5.10. The van der Waals surface area contributed by atoms with Crippen molar-refractivity contribution in [2.45, 2.75) is 11.9 Å². The van der Waals surface area contributed by atoms with Crippen LogP contribution in [0.2, 0.25) is 5.02 Å². The van der Waals surface area contributed by atoms with Crippen LogP contribution in [0.25, 0.3) is 0 Å². The third-order valence-corrected chi connectivity index (χ3v) is 5.10. The Bertz CT molecular complexity index is 837. The molecule has 0 N–H and O–H groups in total. The van der Waals surface area contributed by atoms with Gasteiger partial charge >= 0.3 is 6.18 Å². The lowest BCUT2D eigenvalue weighted by molar-refractivity contribution is -0.137. The lowest BCUT2D eigenvalue weighted by atomic mass is 10.1. The Hall–Kier alpha value is -1.99.